The molecular formula is C20H29N5O2. The molecule has 0 aliphatic rings. The van der Waals surface area contributed by atoms with Crippen molar-refractivity contribution in [3.8, 4) is 5.75 Å². The number of nitrogens with one attached hydrogen (secondary N) is 2. The van der Waals surface area contributed by atoms with E-state index in [4.69, 9.17) is 4.74 Å². The van der Waals surface area contributed by atoms with E-state index in [2.05, 4.69) is 31.6 Å². The second-order valence-electron chi connectivity index (χ2n) is 6.63. The van der Waals surface area contributed by atoms with Gasteiger partial charge in [0.15, 0.2) is 0 Å². The fourth-order valence-electron chi connectivity index (χ4n) is 2.63. The largest absolute Gasteiger partial charge is 0.497 e. The first-order chi connectivity index (χ1) is 13.0. The zero-order valence-corrected chi connectivity index (χ0v) is 16.6. The fourth-order valence-corrected chi connectivity index (χ4v) is 2.63. The summed E-state index contributed by atoms with van der Waals surface area (Å²) in [6.45, 7) is 4.04. The van der Waals surface area contributed by atoms with Gasteiger partial charge in [0.2, 0.25) is 0 Å². The third-order valence-corrected chi connectivity index (χ3v) is 3.99. The number of nitrogens with zero attached hydrogens (tertiary/aromatic N) is 3. The second-order valence-corrected chi connectivity index (χ2v) is 6.63. The van der Waals surface area contributed by atoms with E-state index in [0.29, 0.717) is 30.4 Å². The molecule has 0 radical (unpaired) electrons. The van der Waals surface area contributed by atoms with Gasteiger partial charge in [-0.05, 0) is 58.1 Å². The van der Waals surface area contributed by atoms with E-state index in [-0.39, 0.29) is 5.91 Å². The Kier molecular flexibility index (Phi) is 8.00. The monoisotopic (exact) mass is 371 g/mol. The van der Waals surface area contributed by atoms with Crippen molar-refractivity contribution >= 4 is 11.7 Å². The number of benzene rings is 1. The molecule has 0 unspecified atom stereocenters. The lowest BCUT2D eigenvalue weighted by Gasteiger charge is -2.11. The number of aromatic nitrogens is 2. The zero-order valence-electron chi connectivity index (χ0n) is 16.6. The lowest BCUT2D eigenvalue weighted by atomic mass is 10.1. The molecule has 0 aliphatic carbocycles. The SMILES string of the molecule is COc1cccc(CCNc2cc(C(=O)NCCCN(C)C)nc(C)n2)c1. The Morgan fingerprint density at radius 1 is 1.19 bits per heavy atom. The molecule has 7 nitrogen and oxygen atoms in total. The molecule has 1 aromatic carbocycles. The average Bonchev–Trinajstić information content (AvgIpc) is 2.64. The lowest BCUT2D eigenvalue weighted by molar-refractivity contribution is 0.0947. The molecule has 0 aliphatic heterocycles. The van der Waals surface area contributed by atoms with Crippen molar-refractivity contribution in [1.29, 1.82) is 0 Å². The van der Waals surface area contributed by atoms with Crippen LogP contribution in [0.25, 0.3) is 0 Å². The zero-order chi connectivity index (χ0) is 19.6. The molecular weight excluding hydrogens is 342 g/mol. The van der Waals surface area contributed by atoms with Crippen LogP contribution in [-0.4, -0.2) is 61.6 Å². The molecule has 0 spiro atoms. The number of carbonyl (C=O) groups is 1. The van der Waals surface area contributed by atoms with Gasteiger partial charge in [0.05, 0.1) is 7.11 Å². The molecule has 27 heavy (non-hydrogen) atoms. The van der Waals surface area contributed by atoms with E-state index in [1.54, 1.807) is 20.1 Å². The van der Waals surface area contributed by atoms with Crippen LogP contribution in [0.15, 0.2) is 30.3 Å². The molecule has 1 aromatic heterocycles. The summed E-state index contributed by atoms with van der Waals surface area (Å²) in [7, 11) is 5.69. The number of ether oxygens (including phenoxy) is 1. The Labute approximate surface area is 161 Å². The Morgan fingerprint density at radius 2 is 2.00 bits per heavy atom. The van der Waals surface area contributed by atoms with Gasteiger partial charge in [-0.15, -0.1) is 0 Å². The summed E-state index contributed by atoms with van der Waals surface area (Å²) in [5.74, 6) is 1.90. The Balaban J connectivity index is 1.89. The molecule has 2 N–H and O–H groups in total. The predicted octanol–water partition coefficient (Wildman–Crippen LogP) is 2.13. The van der Waals surface area contributed by atoms with Crippen molar-refractivity contribution in [2.24, 2.45) is 0 Å². The van der Waals surface area contributed by atoms with Gasteiger partial charge in [0, 0.05) is 19.2 Å². The molecule has 1 amide bonds. The molecule has 0 atom stereocenters. The standard InChI is InChI=1S/C20H29N5O2/c1-15-23-18(20(26)22-10-6-12-25(2)3)14-19(24-15)21-11-9-16-7-5-8-17(13-16)27-4/h5,7-8,13-14H,6,9-12H2,1-4H3,(H,22,26)(H,21,23,24). The van der Waals surface area contributed by atoms with E-state index < -0.39 is 0 Å². The van der Waals surface area contributed by atoms with E-state index in [1.807, 2.05) is 32.3 Å². The molecule has 0 saturated carbocycles. The third kappa shape index (κ3) is 7.22. The van der Waals surface area contributed by atoms with Crippen LogP contribution < -0.4 is 15.4 Å². The summed E-state index contributed by atoms with van der Waals surface area (Å²) >= 11 is 0. The number of hydrogen-bond donors (Lipinski definition) is 2. The first kappa shape index (κ1) is 20.6. The molecule has 7 heteroatoms. The van der Waals surface area contributed by atoms with Gasteiger partial charge >= 0.3 is 0 Å². The predicted molar refractivity (Wildman–Crippen MR) is 107 cm³/mol. The highest BCUT2D eigenvalue weighted by Crippen LogP contribution is 2.13. The summed E-state index contributed by atoms with van der Waals surface area (Å²) in [6, 6.07) is 9.66. The van der Waals surface area contributed by atoms with E-state index in [0.717, 1.165) is 25.1 Å². The Hall–Kier alpha value is -2.67. The number of hydrogen-bond acceptors (Lipinski definition) is 6. The molecule has 1 heterocycles. The van der Waals surface area contributed by atoms with E-state index >= 15 is 0 Å². The molecule has 0 bridgehead atoms. The molecule has 0 fully saturated rings. The van der Waals surface area contributed by atoms with Crippen molar-refractivity contribution in [1.82, 2.24) is 20.2 Å². The van der Waals surface area contributed by atoms with Crippen LogP contribution in [0.1, 0.15) is 28.3 Å². The molecule has 2 aromatic rings. The molecule has 2 rings (SSSR count). The van der Waals surface area contributed by atoms with Gasteiger partial charge in [0.1, 0.15) is 23.1 Å². The summed E-state index contributed by atoms with van der Waals surface area (Å²) in [6.07, 6.45) is 1.72. The highest BCUT2D eigenvalue weighted by Gasteiger charge is 2.10. The Bertz CT molecular complexity index is 749. The van der Waals surface area contributed by atoms with Crippen molar-refractivity contribution in [3.05, 3.63) is 47.4 Å². The maximum Gasteiger partial charge on any atom is 0.270 e. The van der Waals surface area contributed by atoms with Gasteiger partial charge < -0.3 is 20.3 Å². The van der Waals surface area contributed by atoms with Gasteiger partial charge in [-0.1, -0.05) is 12.1 Å². The third-order valence-electron chi connectivity index (χ3n) is 3.99. The van der Waals surface area contributed by atoms with Crippen LogP contribution in [0.3, 0.4) is 0 Å². The van der Waals surface area contributed by atoms with Crippen molar-refractivity contribution in [2.45, 2.75) is 19.8 Å². The van der Waals surface area contributed by atoms with Crippen molar-refractivity contribution in [3.63, 3.8) is 0 Å². The van der Waals surface area contributed by atoms with Crippen LogP contribution in [0.5, 0.6) is 5.75 Å². The fraction of sp³-hybridized carbons (Fsp3) is 0.450. The maximum atomic E-state index is 12.3. The highest BCUT2D eigenvalue weighted by molar-refractivity contribution is 5.92. The lowest BCUT2D eigenvalue weighted by Crippen LogP contribution is -2.28. The Morgan fingerprint density at radius 3 is 2.74 bits per heavy atom. The summed E-state index contributed by atoms with van der Waals surface area (Å²) in [5, 5.41) is 6.18. The maximum absolute atomic E-state index is 12.3. The minimum atomic E-state index is -0.171. The number of amides is 1. The average molecular weight is 371 g/mol. The van der Waals surface area contributed by atoms with Crippen molar-refractivity contribution in [2.75, 3.05) is 46.2 Å². The number of aryl methyl sites for hydroxylation is 1. The second kappa shape index (κ2) is 10.5. The van der Waals surface area contributed by atoms with Crippen LogP contribution >= 0.6 is 0 Å². The van der Waals surface area contributed by atoms with Crippen molar-refractivity contribution < 1.29 is 9.53 Å². The number of anilines is 1. The van der Waals surface area contributed by atoms with Crippen LogP contribution in [-0.2, 0) is 6.42 Å². The number of rotatable bonds is 10. The first-order valence-electron chi connectivity index (χ1n) is 9.13. The number of carbonyl (C=O) groups excluding carboxylic acids is 1. The van der Waals surface area contributed by atoms with Crippen LogP contribution in [0, 0.1) is 6.92 Å². The highest BCUT2D eigenvalue weighted by atomic mass is 16.5. The first-order valence-corrected chi connectivity index (χ1v) is 9.13. The van der Waals surface area contributed by atoms with E-state index in [1.165, 1.54) is 5.56 Å². The van der Waals surface area contributed by atoms with Gasteiger partial charge in [-0.3, -0.25) is 4.79 Å². The topological polar surface area (TPSA) is 79.4 Å². The minimum Gasteiger partial charge on any atom is -0.497 e. The van der Waals surface area contributed by atoms with Crippen LogP contribution in [0.4, 0.5) is 5.82 Å². The van der Waals surface area contributed by atoms with Gasteiger partial charge in [0.25, 0.3) is 5.91 Å². The smallest absolute Gasteiger partial charge is 0.270 e. The summed E-state index contributed by atoms with van der Waals surface area (Å²) < 4.78 is 5.24. The van der Waals surface area contributed by atoms with Crippen LogP contribution in [0.2, 0.25) is 0 Å². The summed E-state index contributed by atoms with van der Waals surface area (Å²) in [5.41, 5.74) is 1.56. The van der Waals surface area contributed by atoms with Gasteiger partial charge in [-0.25, -0.2) is 9.97 Å². The van der Waals surface area contributed by atoms with Gasteiger partial charge in [-0.2, -0.15) is 0 Å². The quantitative estimate of drug-likeness (QED) is 0.623. The van der Waals surface area contributed by atoms with E-state index in [9.17, 15) is 4.79 Å². The minimum absolute atomic E-state index is 0.171. The normalized spacial score (nSPS) is 10.7. The number of methoxy groups -OCH3 is 1. The molecule has 146 valence electrons. The molecule has 0 saturated heterocycles. The summed E-state index contributed by atoms with van der Waals surface area (Å²) in [4.78, 5) is 23.0.